The Hall–Kier alpha value is -1.43. The zero-order valence-electron chi connectivity index (χ0n) is 8.08. The van der Waals surface area contributed by atoms with Gasteiger partial charge in [0.15, 0.2) is 0 Å². The molecule has 0 radical (unpaired) electrons. The highest BCUT2D eigenvalue weighted by atomic mass is 79.9. The summed E-state index contributed by atoms with van der Waals surface area (Å²) in [6.07, 6.45) is 1.43. The number of hydrogen-bond donors (Lipinski definition) is 2. The summed E-state index contributed by atoms with van der Waals surface area (Å²) in [7, 11) is 1.51. The number of halogens is 1. The first-order valence-corrected chi connectivity index (χ1v) is 5.03. The van der Waals surface area contributed by atoms with Gasteiger partial charge in [0.05, 0.1) is 12.1 Å². The molecule has 1 aromatic heterocycles. The van der Waals surface area contributed by atoms with Gasteiger partial charge in [0, 0.05) is 13.2 Å². The van der Waals surface area contributed by atoms with Crippen molar-refractivity contribution in [2.45, 2.75) is 0 Å². The number of amides is 2. The Labute approximate surface area is 95.4 Å². The number of carbonyl (C=O) groups excluding carboxylic acids is 2. The molecule has 1 aromatic rings. The smallest absolute Gasteiger partial charge is 0.253 e. The summed E-state index contributed by atoms with van der Waals surface area (Å²) in [5.74, 6) is -0.563. The first kappa shape index (κ1) is 11.6. The Bertz CT molecular complexity index is 364. The van der Waals surface area contributed by atoms with Crippen LogP contribution in [0, 0.1) is 0 Å². The van der Waals surface area contributed by atoms with Crippen LogP contribution in [0.3, 0.4) is 0 Å². The number of nitrogens with one attached hydrogen (secondary N) is 2. The van der Waals surface area contributed by atoms with Gasteiger partial charge in [0.25, 0.3) is 5.91 Å². The lowest BCUT2D eigenvalue weighted by Crippen LogP contribution is -2.35. The Morgan fingerprint density at radius 1 is 1.47 bits per heavy atom. The maximum atomic E-state index is 11.4. The number of carbonyl (C=O) groups is 2. The molecule has 0 aliphatic heterocycles. The highest BCUT2D eigenvalue weighted by molar-refractivity contribution is 9.10. The van der Waals surface area contributed by atoms with E-state index in [1.807, 2.05) is 0 Å². The second-order valence-electron chi connectivity index (χ2n) is 2.73. The second kappa shape index (κ2) is 5.45. The second-order valence-corrected chi connectivity index (χ2v) is 3.54. The quantitative estimate of drug-likeness (QED) is 0.778. The van der Waals surface area contributed by atoms with Gasteiger partial charge in [-0.15, -0.1) is 0 Å². The van der Waals surface area contributed by atoms with E-state index in [-0.39, 0.29) is 18.4 Å². The van der Waals surface area contributed by atoms with Crippen LogP contribution in [0.2, 0.25) is 0 Å². The lowest BCUT2D eigenvalue weighted by atomic mass is 10.3. The molecule has 5 nitrogen and oxygen atoms in total. The molecule has 15 heavy (non-hydrogen) atoms. The summed E-state index contributed by atoms with van der Waals surface area (Å²) in [5, 5.41) is 4.87. The summed E-state index contributed by atoms with van der Waals surface area (Å²) in [6.45, 7) is -0.0363. The van der Waals surface area contributed by atoms with Gasteiger partial charge in [-0.1, -0.05) is 0 Å². The summed E-state index contributed by atoms with van der Waals surface area (Å²) in [5.41, 5.74) is 0.419. The summed E-state index contributed by atoms with van der Waals surface area (Å²) in [6, 6.07) is 3.28. The maximum absolute atomic E-state index is 11.4. The third-order valence-corrected chi connectivity index (χ3v) is 2.15. The number of pyridine rings is 1. The minimum absolute atomic E-state index is 0.0363. The van der Waals surface area contributed by atoms with Crippen molar-refractivity contribution in [1.29, 1.82) is 0 Å². The van der Waals surface area contributed by atoms with Crippen LogP contribution in [0.1, 0.15) is 10.4 Å². The van der Waals surface area contributed by atoms with Crippen molar-refractivity contribution in [3.63, 3.8) is 0 Å². The van der Waals surface area contributed by atoms with E-state index < -0.39 is 0 Å². The molecule has 0 saturated heterocycles. The van der Waals surface area contributed by atoms with E-state index in [0.29, 0.717) is 10.2 Å². The molecule has 2 N–H and O–H groups in total. The Morgan fingerprint density at radius 3 is 2.73 bits per heavy atom. The van der Waals surface area contributed by atoms with Crippen LogP contribution < -0.4 is 10.6 Å². The highest BCUT2D eigenvalue weighted by Crippen LogP contribution is 2.05. The summed E-state index contributed by atoms with van der Waals surface area (Å²) in [4.78, 5) is 26.2. The van der Waals surface area contributed by atoms with Crippen LogP contribution in [0.5, 0.6) is 0 Å². The number of rotatable bonds is 3. The van der Waals surface area contributed by atoms with Crippen LogP contribution in [-0.2, 0) is 4.79 Å². The lowest BCUT2D eigenvalue weighted by molar-refractivity contribution is -0.119. The van der Waals surface area contributed by atoms with E-state index in [9.17, 15) is 9.59 Å². The molecule has 2 amide bonds. The maximum Gasteiger partial charge on any atom is 0.253 e. The standard InChI is InChI=1S/C9H10BrN3O2/c1-11-8(14)5-13-9(15)6-2-3-7(10)12-4-6/h2-4H,5H2,1H3,(H,11,14)(H,13,15). The van der Waals surface area contributed by atoms with Crippen LogP contribution >= 0.6 is 15.9 Å². The number of aromatic nitrogens is 1. The van der Waals surface area contributed by atoms with Crippen LogP contribution in [0.15, 0.2) is 22.9 Å². The molecule has 1 rings (SSSR count). The Balaban J connectivity index is 2.54. The van der Waals surface area contributed by atoms with E-state index >= 15 is 0 Å². The number of nitrogens with zero attached hydrogens (tertiary/aromatic N) is 1. The largest absolute Gasteiger partial charge is 0.358 e. The van der Waals surface area contributed by atoms with Gasteiger partial charge in [-0.25, -0.2) is 4.98 Å². The van der Waals surface area contributed by atoms with E-state index in [1.54, 1.807) is 12.1 Å². The highest BCUT2D eigenvalue weighted by Gasteiger charge is 2.06. The molecule has 0 unspecified atom stereocenters. The molecule has 0 saturated carbocycles. The normalized spacial score (nSPS) is 9.47. The predicted molar refractivity (Wildman–Crippen MR) is 58.3 cm³/mol. The van der Waals surface area contributed by atoms with Gasteiger partial charge in [-0.3, -0.25) is 9.59 Å². The SMILES string of the molecule is CNC(=O)CNC(=O)c1ccc(Br)nc1. The van der Waals surface area contributed by atoms with Gasteiger partial charge in [0.2, 0.25) is 5.91 Å². The molecular formula is C9H10BrN3O2. The van der Waals surface area contributed by atoms with Crippen LogP contribution in [-0.4, -0.2) is 30.4 Å². The van der Waals surface area contributed by atoms with Crippen molar-refractivity contribution in [2.24, 2.45) is 0 Å². The average Bonchev–Trinajstić information content (AvgIpc) is 2.26. The van der Waals surface area contributed by atoms with Crippen molar-refractivity contribution in [1.82, 2.24) is 15.6 Å². The molecule has 0 aliphatic carbocycles. The molecular weight excluding hydrogens is 262 g/mol. The van der Waals surface area contributed by atoms with E-state index in [0.717, 1.165) is 0 Å². The minimum Gasteiger partial charge on any atom is -0.358 e. The van der Waals surface area contributed by atoms with Crippen LogP contribution in [0.4, 0.5) is 0 Å². The molecule has 6 heteroatoms. The van der Waals surface area contributed by atoms with Crippen LogP contribution in [0.25, 0.3) is 0 Å². The van der Waals surface area contributed by atoms with Crippen molar-refractivity contribution >= 4 is 27.7 Å². The Morgan fingerprint density at radius 2 is 2.20 bits per heavy atom. The van der Waals surface area contributed by atoms with Crippen molar-refractivity contribution in [3.05, 3.63) is 28.5 Å². The minimum atomic E-state index is -0.321. The summed E-state index contributed by atoms with van der Waals surface area (Å²) >= 11 is 3.16. The molecule has 0 spiro atoms. The third-order valence-electron chi connectivity index (χ3n) is 1.68. The third kappa shape index (κ3) is 3.67. The monoisotopic (exact) mass is 271 g/mol. The number of hydrogen-bond acceptors (Lipinski definition) is 3. The molecule has 0 fully saturated rings. The fraction of sp³-hybridized carbons (Fsp3) is 0.222. The van der Waals surface area contributed by atoms with E-state index in [1.165, 1.54) is 13.2 Å². The average molecular weight is 272 g/mol. The van der Waals surface area contributed by atoms with Crippen molar-refractivity contribution < 1.29 is 9.59 Å². The molecule has 0 aliphatic rings. The van der Waals surface area contributed by atoms with Gasteiger partial charge >= 0.3 is 0 Å². The molecule has 1 heterocycles. The van der Waals surface area contributed by atoms with E-state index in [2.05, 4.69) is 31.5 Å². The van der Waals surface area contributed by atoms with E-state index in [4.69, 9.17) is 0 Å². The Kier molecular flexibility index (Phi) is 4.23. The topological polar surface area (TPSA) is 71.1 Å². The lowest BCUT2D eigenvalue weighted by Gasteiger charge is -2.03. The van der Waals surface area contributed by atoms with Gasteiger partial charge in [-0.2, -0.15) is 0 Å². The fourth-order valence-electron chi connectivity index (χ4n) is 0.861. The number of likely N-dealkylation sites (N-methyl/N-ethyl adjacent to an activating group) is 1. The van der Waals surface area contributed by atoms with Gasteiger partial charge in [0.1, 0.15) is 4.60 Å². The summed E-state index contributed by atoms with van der Waals surface area (Å²) < 4.78 is 0.658. The van der Waals surface area contributed by atoms with Crippen molar-refractivity contribution in [3.8, 4) is 0 Å². The zero-order chi connectivity index (χ0) is 11.3. The van der Waals surface area contributed by atoms with Gasteiger partial charge < -0.3 is 10.6 Å². The molecule has 0 aromatic carbocycles. The van der Waals surface area contributed by atoms with Gasteiger partial charge in [-0.05, 0) is 28.1 Å². The first-order valence-electron chi connectivity index (χ1n) is 4.24. The first-order chi connectivity index (χ1) is 7.13. The molecule has 0 bridgehead atoms. The molecule has 80 valence electrons. The van der Waals surface area contributed by atoms with Crippen molar-refractivity contribution in [2.75, 3.05) is 13.6 Å². The predicted octanol–water partition coefficient (Wildman–Crippen LogP) is 0.320. The fourth-order valence-corrected chi connectivity index (χ4v) is 1.10. The molecule has 0 atom stereocenters. The zero-order valence-corrected chi connectivity index (χ0v) is 9.67.